The Hall–Kier alpha value is -1.75. The minimum atomic E-state index is -0.292. The molecule has 5 heteroatoms. The van der Waals surface area contributed by atoms with E-state index in [0.717, 1.165) is 18.4 Å². The number of carbonyl (C=O) groups is 1. The molecule has 0 aromatic heterocycles. The van der Waals surface area contributed by atoms with Crippen molar-refractivity contribution in [2.24, 2.45) is 5.73 Å². The minimum Gasteiger partial charge on any atom is -0.497 e. The second-order valence-corrected chi connectivity index (χ2v) is 4.52. The van der Waals surface area contributed by atoms with Gasteiger partial charge in [-0.05, 0) is 24.5 Å². The van der Waals surface area contributed by atoms with E-state index in [1.165, 1.54) is 7.11 Å². The number of carbonyl (C=O) groups excluding carboxylic acids is 1. The summed E-state index contributed by atoms with van der Waals surface area (Å²) >= 11 is 0. The Bertz CT molecular complexity index is 434. The van der Waals surface area contributed by atoms with Crippen molar-refractivity contribution in [1.82, 2.24) is 0 Å². The van der Waals surface area contributed by atoms with E-state index in [9.17, 15) is 4.79 Å². The van der Waals surface area contributed by atoms with E-state index >= 15 is 0 Å². The third-order valence-electron chi connectivity index (χ3n) is 3.07. The summed E-state index contributed by atoms with van der Waals surface area (Å²) in [6, 6.07) is 5.73. The number of methoxy groups -OCH3 is 2. The van der Waals surface area contributed by atoms with Gasteiger partial charge in [0.05, 0.1) is 27.2 Å². The molecular weight excluding hydrogens is 258 g/mol. The number of esters is 1. The van der Waals surface area contributed by atoms with Gasteiger partial charge in [0.15, 0.2) is 0 Å². The lowest BCUT2D eigenvalue weighted by Gasteiger charge is -2.15. The van der Waals surface area contributed by atoms with E-state index in [2.05, 4.69) is 4.74 Å². The SMILES string of the molecule is CCC(N)Cc1ccc(OC)cc1OCCC(=O)OC. The summed E-state index contributed by atoms with van der Waals surface area (Å²) in [4.78, 5) is 11.1. The molecule has 0 aliphatic carbocycles. The van der Waals surface area contributed by atoms with Crippen LogP contribution in [0.25, 0.3) is 0 Å². The van der Waals surface area contributed by atoms with Crippen LogP contribution in [0, 0.1) is 0 Å². The van der Waals surface area contributed by atoms with Crippen molar-refractivity contribution < 1.29 is 19.0 Å². The molecule has 1 atom stereocenters. The Balaban J connectivity index is 2.75. The van der Waals surface area contributed by atoms with Crippen LogP contribution in [0.4, 0.5) is 0 Å². The maximum absolute atomic E-state index is 11.1. The van der Waals surface area contributed by atoms with E-state index < -0.39 is 0 Å². The van der Waals surface area contributed by atoms with Gasteiger partial charge in [-0.25, -0.2) is 0 Å². The Labute approximate surface area is 120 Å². The predicted octanol–water partition coefficient (Wildman–Crippen LogP) is 1.92. The van der Waals surface area contributed by atoms with Gasteiger partial charge >= 0.3 is 5.97 Å². The van der Waals surface area contributed by atoms with Crippen LogP contribution >= 0.6 is 0 Å². The zero-order valence-corrected chi connectivity index (χ0v) is 12.3. The first-order valence-electron chi connectivity index (χ1n) is 6.72. The van der Waals surface area contributed by atoms with Gasteiger partial charge in [0, 0.05) is 12.1 Å². The zero-order chi connectivity index (χ0) is 15.0. The average molecular weight is 281 g/mol. The summed E-state index contributed by atoms with van der Waals surface area (Å²) in [7, 11) is 2.96. The molecule has 1 aromatic rings. The lowest BCUT2D eigenvalue weighted by molar-refractivity contribution is -0.141. The summed E-state index contributed by atoms with van der Waals surface area (Å²) < 4.78 is 15.4. The lowest BCUT2D eigenvalue weighted by Crippen LogP contribution is -2.22. The molecule has 0 bridgehead atoms. The summed E-state index contributed by atoms with van der Waals surface area (Å²) in [5, 5.41) is 0. The summed E-state index contributed by atoms with van der Waals surface area (Å²) in [5.41, 5.74) is 7.00. The summed E-state index contributed by atoms with van der Waals surface area (Å²) in [6.07, 6.45) is 1.84. The van der Waals surface area contributed by atoms with Crippen LogP contribution in [0.3, 0.4) is 0 Å². The highest BCUT2D eigenvalue weighted by atomic mass is 16.5. The Morgan fingerprint density at radius 2 is 2.10 bits per heavy atom. The Morgan fingerprint density at radius 3 is 2.70 bits per heavy atom. The van der Waals surface area contributed by atoms with Crippen molar-refractivity contribution >= 4 is 5.97 Å². The maximum Gasteiger partial charge on any atom is 0.308 e. The number of hydrogen-bond donors (Lipinski definition) is 1. The van der Waals surface area contributed by atoms with Crippen LogP contribution in [-0.4, -0.2) is 32.8 Å². The molecule has 0 radical (unpaired) electrons. The quantitative estimate of drug-likeness (QED) is 0.737. The van der Waals surface area contributed by atoms with E-state index in [-0.39, 0.29) is 25.0 Å². The molecule has 20 heavy (non-hydrogen) atoms. The zero-order valence-electron chi connectivity index (χ0n) is 12.3. The number of hydrogen-bond acceptors (Lipinski definition) is 5. The Morgan fingerprint density at radius 1 is 1.35 bits per heavy atom. The smallest absolute Gasteiger partial charge is 0.308 e. The molecule has 2 N–H and O–H groups in total. The number of benzene rings is 1. The van der Waals surface area contributed by atoms with Crippen LogP contribution in [0.15, 0.2) is 18.2 Å². The van der Waals surface area contributed by atoms with Crippen LogP contribution in [0.1, 0.15) is 25.3 Å². The molecule has 1 unspecified atom stereocenters. The van der Waals surface area contributed by atoms with E-state index in [1.807, 2.05) is 25.1 Å². The van der Waals surface area contributed by atoms with E-state index in [4.69, 9.17) is 15.2 Å². The first-order valence-corrected chi connectivity index (χ1v) is 6.72. The van der Waals surface area contributed by atoms with Gasteiger partial charge in [-0.1, -0.05) is 13.0 Å². The first-order chi connectivity index (χ1) is 9.60. The normalized spacial score (nSPS) is 11.8. The fraction of sp³-hybridized carbons (Fsp3) is 0.533. The fourth-order valence-electron chi connectivity index (χ4n) is 1.74. The largest absolute Gasteiger partial charge is 0.497 e. The van der Waals surface area contributed by atoms with E-state index in [0.29, 0.717) is 11.5 Å². The second-order valence-electron chi connectivity index (χ2n) is 4.52. The van der Waals surface area contributed by atoms with Crippen LogP contribution in [0.2, 0.25) is 0 Å². The van der Waals surface area contributed by atoms with Gasteiger partial charge in [0.2, 0.25) is 0 Å². The topological polar surface area (TPSA) is 70.8 Å². The predicted molar refractivity (Wildman–Crippen MR) is 77.1 cm³/mol. The molecule has 5 nitrogen and oxygen atoms in total. The molecule has 0 saturated heterocycles. The molecule has 1 rings (SSSR count). The molecule has 0 aliphatic heterocycles. The monoisotopic (exact) mass is 281 g/mol. The molecule has 0 spiro atoms. The van der Waals surface area contributed by atoms with Crippen molar-refractivity contribution in [2.75, 3.05) is 20.8 Å². The van der Waals surface area contributed by atoms with Gasteiger partial charge in [-0.2, -0.15) is 0 Å². The highest BCUT2D eigenvalue weighted by molar-refractivity contribution is 5.69. The lowest BCUT2D eigenvalue weighted by atomic mass is 10.0. The minimum absolute atomic E-state index is 0.0892. The van der Waals surface area contributed by atoms with Gasteiger partial charge in [0.25, 0.3) is 0 Å². The van der Waals surface area contributed by atoms with Gasteiger partial charge in [-0.15, -0.1) is 0 Å². The highest BCUT2D eigenvalue weighted by Gasteiger charge is 2.10. The van der Waals surface area contributed by atoms with Crippen LogP contribution < -0.4 is 15.2 Å². The highest BCUT2D eigenvalue weighted by Crippen LogP contribution is 2.26. The van der Waals surface area contributed by atoms with Gasteiger partial charge in [0.1, 0.15) is 11.5 Å². The summed E-state index contributed by atoms with van der Waals surface area (Å²) in [6.45, 7) is 2.32. The number of ether oxygens (including phenoxy) is 3. The van der Waals surface area contributed by atoms with Crippen molar-refractivity contribution in [1.29, 1.82) is 0 Å². The molecular formula is C15H23NO4. The van der Waals surface area contributed by atoms with Crippen LogP contribution in [-0.2, 0) is 16.0 Å². The molecule has 1 aromatic carbocycles. The first kappa shape index (κ1) is 16.3. The van der Waals surface area contributed by atoms with Crippen molar-refractivity contribution in [3.8, 4) is 11.5 Å². The third kappa shape index (κ3) is 5.09. The van der Waals surface area contributed by atoms with E-state index in [1.54, 1.807) is 7.11 Å². The summed E-state index contributed by atoms with van der Waals surface area (Å²) in [5.74, 6) is 1.13. The fourth-order valence-corrected chi connectivity index (χ4v) is 1.74. The maximum atomic E-state index is 11.1. The standard InChI is InChI=1S/C15H23NO4/c1-4-12(16)9-11-5-6-13(18-2)10-14(11)20-8-7-15(17)19-3/h5-6,10,12H,4,7-9,16H2,1-3H3. The molecule has 112 valence electrons. The van der Waals surface area contributed by atoms with Crippen molar-refractivity contribution in [3.63, 3.8) is 0 Å². The number of nitrogens with two attached hydrogens (primary N) is 1. The Kier molecular flexibility index (Phi) is 6.87. The third-order valence-corrected chi connectivity index (χ3v) is 3.07. The van der Waals surface area contributed by atoms with Gasteiger partial charge in [-0.3, -0.25) is 4.79 Å². The average Bonchev–Trinajstić information content (AvgIpc) is 2.48. The van der Waals surface area contributed by atoms with Crippen LogP contribution in [0.5, 0.6) is 11.5 Å². The molecule has 0 heterocycles. The number of rotatable bonds is 8. The second kappa shape index (κ2) is 8.43. The molecule has 0 saturated carbocycles. The molecule has 0 fully saturated rings. The van der Waals surface area contributed by atoms with Crippen molar-refractivity contribution in [2.45, 2.75) is 32.2 Å². The molecule has 0 aliphatic rings. The molecule has 0 amide bonds. The van der Waals surface area contributed by atoms with Gasteiger partial charge < -0.3 is 19.9 Å². The van der Waals surface area contributed by atoms with Crippen molar-refractivity contribution in [3.05, 3.63) is 23.8 Å².